The molecule has 0 amide bonds. The Morgan fingerprint density at radius 1 is 0.449 bits per heavy atom. The minimum Gasteiger partial charge on any atom is 1.00 e. The molecule has 138 heavy (non-hydrogen) atoms. The Balaban J connectivity index is 0.000000291. The second kappa shape index (κ2) is 53.2. The Morgan fingerprint density at radius 3 is 0.964 bits per heavy atom. The SMILES string of the molecule is C.C.C.C.C.CC(=O)[C@H]1CC[C@H]2[C@@H]3CC[C@H]4C[C@](C)(O)CC[C@@H]4[C@H]3CC[C@]12C.CC(O)C1CC[C@H]2[C@@H]3CC[C@H]4C[C@](C)(O)CC[C@@H]4[C@H]3CC[C@]12C.CC=C1CC[C@H]2[C@@H]3CC[C@H]4C[C@](C)(O)CC[C@@H]4[C@H]3CC[C@]12C.C[C@@]1(O)CC[C@H]2[C@@H](CC[C@@H]3[C@@H]2CC[C@]2(C)[C@@H](C(=O)CBr)CC[C@@H]32)C1.C[C@@]1(O)CC[C@H]2[C@@H](CC[C@@H]3[C@@H]2CC[C@]2(C)[C@@H](C(=O)CO)CC[C@@H]32)C1.O=C([O-])C(F)(F)F.S=BI.[2H]CP.[B]=S.[B]=S.[Na+]. The number of alkyl halides is 4. The molecule has 41 atom stereocenters. The molecule has 20 aliphatic carbocycles. The molecule has 12 nitrogen and oxygen atoms in total. The third-order valence-corrected chi connectivity index (χ3v) is 44.4. The smallest absolute Gasteiger partial charge is 1.00 e. The standard InChI is InChI=1S/C21H33BrO2.C21H34O3.C21H36O2.C21H34O2.C21H34O.C2HF3O2.CH5P.5CH4.BIS.2BS.Na/c2*1-20(24)9-7-14-13(11-20)3-4-16-15(14)8-10-21(2)17(16)5-6-18(21)19(23)12-22;2*1-13(22)18-6-7-19-17-5-4-14-12-20(2,23)10-8-15(14)16(17)9-11-21(18,19)3;1-4-15-6-8-19-18-7-5-14-13-20(2,22)11-9-16(14)17(18)10-12-21(15,19)3;3-2(4,5)1(6)7;1-2;;;;;;2-1-3;2*1-2;/h13-18,24H,3-12H2,1-2H3;13-18,22,24H,3-12H2,1-2H3;13-19,22-23H,4-12H2,1-3H3;14-19,23H,4-12H2,1-3H3;4,14,16-19,22H,5-13H2,1-3H3;(H,6,7);2H2,1H3;5*1H4;;;;/q;;;;;;;;;;;;;;;+1/p-1/t2*13-,14-,15+,16+,17-,18+,20+,21-;13?,14-,15-,16+,17+,18?,19-,20+,21+;14-,15-,16+,17+,18+,19-,20+,21+;14-,16-,17+,18+,19-,20+,21+;;;;;;;;;;;/m00000.........../s1/i;;;;;;1D;;;;;;;;;. The van der Waals surface area contributed by atoms with Gasteiger partial charge in [-0.05, 0) is 525 Å². The Bertz CT molecular complexity index is 3830. The fourth-order valence-corrected chi connectivity index (χ4v) is 38.9. The van der Waals surface area contributed by atoms with Crippen molar-refractivity contribution in [2.75, 3.05) is 18.6 Å². The zero-order chi connectivity index (χ0) is 98.1. The molecule has 0 aromatic rings. The van der Waals surface area contributed by atoms with E-state index >= 15 is 0 Å². The monoisotopic (exact) mass is 2190 g/mol. The molecular weight excluding hydrogens is 2000 g/mol. The second-order valence-corrected chi connectivity index (χ2v) is 52.7. The first-order valence-electron chi connectivity index (χ1n) is 53.7. The van der Waals surface area contributed by atoms with Gasteiger partial charge in [-0.25, -0.2) is 0 Å². The molecule has 0 spiro atoms. The largest absolute Gasteiger partial charge is 1.00 e. The van der Waals surface area contributed by atoms with Crippen LogP contribution in [0.4, 0.5) is 13.2 Å². The van der Waals surface area contributed by atoms with Crippen molar-refractivity contribution in [3.8, 4) is 0 Å². The fraction of sp³-hybridized carbons (Fsp3) is 0.947. The van der Waals surface area contributed by atoms with Gasteiger partial charge in [-0.3, -0.25) is 14.4 Å². The molecule has 2 radical (unpaired) electrons. The van der Waals surface area contributed by atoms with E-state index in [1.54, 1.807) is 9.58 Å². The number of ketones is 3. The number of aliphatic hydroxyl groups excluding tert-OH is 2. The minimum absolute atomic E-state index is 0. The number of halogens is 5. The summed E-state index contributed by atoms with van der Waals surface area (Å²) in [6, 6.07) is 0. The van der Waals surface area contributed by atoms with E-state index in [0.29, 0.717) is 63.5 Å². The van der Waals surface area contributed by atoms with Gasteiger partial charge in [0.1, 0.15) is 24.1 Å². The summed E-state index contributed by atoms with van der Waals surface area (Å²) in [6.07, 6.45) is 52.5. The van der Waals surface area contributed by atoms with Crippen molar-refractivity contribution in [3.63, 3.8) is 0 Å². The predicted molar refractivity (Wildman–Crippen MR) is 584 cm³/mol. The number of carbonyl (C=O) groups is 4. The van der Waals surface area contributed by atoms with Crippen LogP contribution in [0.3, 0.4) is 0 Å². The van der Waals surface area contributed by atoms with Gasteiger partial charge in [-0.15, -0.1) is 9.24 Å². The van der Waals surface area contributed by atoms with E-state index in [9.17, 15) is 63.3 Å². The minimum atomic E-state index is -5.19. The van der Waals surface area contributed by atoms with Crippen molar-refractivity contribution >= 4 is 124 Å². The number of carboxylic acids is 1. The molecule has 20 fully saturated rings. The van der Waals surface area contributed by atoms with Gasteiger partial charge in [0.25, 0.3) is 0 Å². The molecule has 20 rings (SSSR count). The number of rotatable bonds is 6. The van der Waals surface area contributed by atoms with Gasteiger partial charge in [-0.1, -0.05) is 106 Å². The average Bonchev–Trinajstić information content (AvgIpc) is 1.64. The number of allylic oxidation sites excluding steroid dienone is 2. The van der Waals surface area contributed by atoms with Crippen LogP contribution in [-0.4, -0.2) is 135 Å². The van der Waals surface area contributed by atoms with Crippen LogP contribution in [0.15, 0.2) is 11.6 Å². The van der Waals surface area contributed by atoms with Crippen LogP contribution in [0.2, 0.25) is 0 Å². The molecule has 0 aliphatic heterocycles. The van der Waals surface area contributed by atoms with Crippen molar-refractivity contribution in [1.82, 2.24) is 0 Å². The van der Waals surface area contributed by atoms with Crippen LogP contribution < -0.4 is 34.7 Å². The second-order valence-electron chi connectivity index (χ2n) is 50.4. The zero-order valence-electron chi connectivity index (χ0n) is 85.4. The van der Waals surface area contributed by atoms with Gasteiger partial charge in [0.05, 0.1) is 39.4 Å². The van der Waals surface area contributed by atoms with Gasteiger partial charge < -0.3 is 45.6 Å². The number of carbonyl (C=O) groups excluding carboxylic acids is 4. The summed E-state index contributed by atoms with van der Waals surface area (Å²) in [6.45, 7) is 36.9. The van der Waals surface area contributed by atoms with E-state index in [1.165, 1.54) is 199 Å². The summed E-state index contributed by atoms with van der Waals surface area (Å²) >= 11 is 16.8. The number of aliphatic carboxylic acids is 1. The van der Waals surface area contributed by atoms with E-state index in [1.807, 2.05) is 57.0 Å². The number of hydrogen-bond acceptors (Lipinski definition) is 15. The van der Waals surface area contributed by atoms with Crippen LogP contribution in [0.1, 0.15) is 417 Å². The summed E-state index contributed by atoms with van der Waals surface area (Å²) in [5, 5.41) is 81.3. The molecule has 20 aliphatic rings. The summed E-state index contributed by atoms with van der Waals surface area (Å²) in [5.41, 5.74) is 1.33. The third kappa shape index (κ3) is 27.5. The van der Waals surface area contributed by atoms with E-state index in [-0.39, 0.29) is 108 Å². The van der Waals surface area contributed by atoms with Crippen LogP contribution in [0, 0.1) is 199 Å². The summed E-state index contributed by atoms with van der Waals surface area (Å²) in [7, 11) is 2.25. The van der Waals surface area contributed by atoms with Gasteiger partial charge in [-0.2, -0.15) is 13.2 Å². The normalized spacial score (nSPS) is 47.3. The molecule has 7 N–H and O–H groups in total. The molecule has 0 aromatic heterocycles. The number of carboxylic acid groups (broad SMARTS) is 1. The Hall–Kier alpha value is 1.22. The van der Waals surface area contributed by atoms with Crippen LogP contribution in [0.25, 0.3) is 0 Å². The number of fused-ring (bicyclic) bond motifs is 25. The average molecular weight is 2190 g/mol. The van der Waals surface area contributed by atoms with E-state index in [0.717, 1.165) is 232 Å². The molecule has 0 saturated heterocycles. The molecule has 0 aromatic carbocycles. The maximum absolute atomic E-state index is 12.5. The van der Waals surface area contributed by atoms with Crippen molar-refractivity contribution < 1.29 is 104 Å². The van der Waals surface area contributed by atoms with Gasteiger partial charge >= 0.3 is 112 Å². The van der Waals surface area contributed by atoms with E-state index < -0.39 is 34.5 Å². The maximum atomic E-state index is 12.5. The van der Waals surface area contributed by atoms with Crippen LogP contribution in [0.5, 0.6) is 0 Å². The van der Waals surface area contributed by atoms with Gasteiger partial charge in [0, 0.05) is 19.1 Å². The van der Waals surface area contributed by atoms with Crippen molar-refractivity contribution in [1.29, 1.82) is 0 Å². The van der Waals surface area contributed by atoms with Crippen molar-refractivity contribution in [2.24, 2.45) is 199 Å². The third-order valence-electron chi connectivity index (χ3n) is 43.8. The Kier molecular flexibility index (Phi) is 49.3. The fourth-order valence-electron chi connectivity index (χ4n) is 38.5. The first kappa shape index (κ1) is 128. The molecule has 25 heteroatoms. The molecular formula is C113H196B3BrF3INaO12PS3. The summed E-state index contributed by atoms with van der Waals surface area (Å²) < 4.78 is 39.3. The predicted octanol–water partition coefficient (Wildman–Crippen LogP) is 24.5. The first-order chi connectivity index (χ1) is 62.6. The Labute approximate surface area is 905 Å². The zero-order valence-corrected chi connectivity index (χ0v) is 93.8. The summed E-state index contributed by atoms with van der Waals surface area (Å²) in [5.74, 6) is 20.3. The topological polar surface area (TPSA) is 233 Å². The van der Waals surface area contributed by atoms with Gasteiger partial charge in [0.15, 0.2) is 5.78 Å². The van der Waals surface area contributed by atoms with E-state index in [4.69, 9.17) is 11.3 Å². The van der Waals surface area contributed by atoms with Gasteiger partial charge in [0.2, 0.25) is 0 Å². The molecule has 3 unspecified atom stereocenters. The van der Waals surface area contributed by atoms with Crippen LogP contribution in [-0.2, 0) is 19.2 Å². The van der Waals surface area contributed by atoms with Crippen LogP contribution >= 0.6 is 83.7 Å². The van der Waals surface area contributed by atoms with E-state index in [2.05, 4.69) is 136 Å². The van der Waals surface area contributed by atoms with Crippen molar-refractivity contribution in [2.45, 2.75) is 456 Å². The molecule has 0 bridgehead atoms. The summed E-state index contributed by atoms with van der Waals surface area (Å²) in [4.78, 5) is 45.6. The maximum Gasteiger partial charge on any atom is 1.00 e. The Morgan fingerprint density at radius 2 is 0.696 bits per heavy atom. The molecule has 0 heterocycles. The quantitative estimate of drug-likeness (QED) is 0.0431. The number of Topliss-reactive ketones (excluding diaryl/α,β-unsaturated/α-hetero) is 3. The number of aliphatic hydroxyl groups is 7. The first-order valence-corrected chi connectivity index (χ1v) is 57.6. The number of hydrogen-bond donors (Lipinski definition) is 7. The van der Waals surface area contributed by atoms with Crippen molar-refractivity contribution in [3.05, 3.63) is 11.6 Å². The molecule has 788 valence electrons. The molecule has 20 saturated carbocycles.